The van der Waals surface area contributed by atoms with Gasteiger partial charge in [0, 0.05) is 23.2 Å². The van der Waals surface area contributed by atoms with Crippen molar-refractivity contribution in [1.29, 1.82) is 0 Å². The lowest BCUT2D eigenvalue weighted by Crippen LogP contribution is -2.32. The van der Waals surface area contributed by atoms with Crippen molar-refractivity contribution >= 4 is 35.7 Å². The molecule has 3 aliphatic carbocycles. The number of rotatable bonds is 5. The SMILES string of the molecule is CC/C=c1/c(=C/c2oc(-c3ccccc3)cc2CO)sc(=S)n1C1CC2CCC23CC13. The molecule has 6 rings (SSSR count). The van der Waals surface area contributed by atoms with Gasteiger partial charge in [0.25, 0.3) is 0 Å². The van der Waals surface area contributed by atoms with Crippen LogP contribution < -0.4 is 9.88 Å². The van der Waals surface area contributed by atoms with Gasteiger partial charge in [-0.1, -0.05) is 43.3 Å². The minimum absolute atomic E-state index is 0.0456. The lowest BCUT2D eigenvalue weighted by atomic mass is 9.71. The van der Waals surface area contributed by atoms with Gasteiger partial charge in [0.05, 0.1) is 16.5 Å². The molecule has 3 aromatic rings. The van der Waals surface area contributed by atoms with Gasteiger partial charge >= 0.3 is 0 Å². The zero-order chi connectivity index (χ0) is 21.2. The second-order valence-corrected chi connectivity index (χ2v) is 11.0. The maximum Gasteiger partial charge on any atom is 0.162 e. The molecule has 160 valence electrons. The van der Waals surface area contributed by atoms with Crippen LogP contribution in [-0.4, -0.2) is 9.67 Å². The van der Waals surface area contributed by atoms with Crippen LogP contribution in [0.25, 0.3) is 23.5 Å². The number of hydrogen-bond donors (Lipinski definition) is 1. The summed E-state index contributed by atoms with van der Waals surface area (Å²) in [6.07, 6.45) is 10.9. The third-order valence-electron chi connectivity index (χ3n) is 7.91. The van der Waals surface area contributed by atoms with E-state index in [0.29, 0.717) is 11.5 Å². The molecule has 1 spiro atoms. The van der Waals surface area contributed by atoms with E-state index in [-0.39, 0.29) is 6.61 Å². The Labute approximate surface area is 191 Å². The van der Waals surface area contributed by atoms with Crippen molar-refractivity contribution in [3.63, 3.8) is 0 Å². The molecule has 3 saturated carbocycles. The smallest absolute Gasteiger partial charge is 0.162 e. The normalized spacial score (nSPS) is 29.7. The summed E-state index contributed by atoms with van der Waals surface area (Å²) in [6, 6.07) is 12.6. The van der Waals surface area contributed by atoms with Crippen LogP contribution in [0.1, 0.15) is 56.4 Å². The lowest BCUT2D eigenvalue weighted by Gasteiger charge is -2.33. The number of benzene rings is 1. The van der Waals surface area contributed by atoms with Gasteiger partial charge < -0.3 is 14.1 Å². The molecule has 2 heterocycles. The number of aromatic nitrogens is 1. The van der Waals surface area contributed by atoms with Gasteiger partial charge in [-0.3, -0.25) is 0 Å². The molecule has 2 aromatic heterocycles. The number of aliphatic hydroxyl groups is 1. The van der Waals surface area contributed by atoms with Gasteiger partial charge in [0.1, 0.15) is 11.5 Å². The number of thiazole rings is 1. The first-order chi connectivity index (χ1) is 15.1. The quantitative estimate of drug-likeness (QED) is 0.529. The Morgan fingerprint density at radius 3 is 2.77 bits per heavy atom. The molecular formula is C26H27NO2S2. The molecule has 3 aliphatic rings. The zero-order valence-electron chi connectivity index (χ0n) is 17.7. The second kappa shape index (κ2) is 7.29. The average molecular weight is 450 g/mol. The van der Waals surface area contributed by atoms with Crippen LogP contribution in [0.4, 0.5) is 0 Å². The van der Waals surface area contributed by atoms with Crippen LogP contribution in [-0.2, 0) is 6.61 Å². The fourth-order valence-corrected chi connectivity index (χ4v) is 7.69. The van der Waals surface area contributed by atoms with E-state index in [1.54, 1.807) is 11.3 Å². The minimum atomic E-state index is -0.0456. The van der Waals surface area contributed by atoms with Crippen LogP contribution in [0.5, 0.6) is 0 Å². The lowest BCUT2D eigenvalue weighted by molar-refractivity contribution is 0.163. The van der Waals surface area contributed by atoms with E-state index in [2.05, 4.69) is 23.6 Å². The van der Waals surface area contributed by atoms with Crippen molar-refractivity contribution in [2.75, 3.05) is 0 Å². The molecule has 0 bridgehead atoms. The van der Waals surface area contributed by atoms with Gasteiger partial charge in [0.2, 0.25) is 0 Å². The van der Waals surface area contributed by atoms with E-state index in [1.807, 2.05) is 36.4 Å². The monoisotopic (exact) mass is 449 g/mol. The first-order valence-corrected chi connectivity index (χ1v) is 12.6. The predicted molar refractivity (Wildman–Crippen MR) is 128 cm³/mol. The molecule has 1 aromatic carbocycles. The van der Waals surface area contributed by atoms with Crippen LogP contribution in [0.15, 0.2) is 40.8 Å². The summed E-state index contributed by atoms with van der Waals surface area (Å²) in [7, 11) is 0. The Morgan fingerprint density at radius 1 is 1.32 bits per heavy atom. The summed E-state index contributed by atoms with van der Waals surface area (Å²) >= 11 is 7.58. The maximum atomic E-state index is 9.96. The fraction of sp³-hybridized carbons (Fsp3) is 0.423. The predicted octanol–water partition coefficient (Wildman–Crippen LogP) is 5.41. The van der Waals surface area contributed by atoms with E-state index in [1.165, 1.54) is 31.0 Å². The van der Waals surface area contributed by atoms with Crippen LogP contribution in [0.3, 0.4) is 0 Å². The van der Waals surface area contributed by atoms with E-state index < -0.39 is 0 Å². The van der Waals surface area contributed by atoms with Gasteiger partial charge in [0.15, 0.2) is 3.95 Å². The molecule has 31 heavy (non-hydrogen) atoms. The molecule has 4 atom stereocenters. The highest BCUT2D eigenvalue weighted by molar-refractivity contribution is 7.73. The van der Waals surface area contributed by atoms with Crippen LogP contribution in [0, 0.1) is 21.2 Å². The van der Waals surface area contributed by atoms with Crippen molar-refractivity contribution in [3.05, 3.63) is 61.6 Å². The fourth-order valence-electron chi connectivity index (χ4n) is 6.21. The van der Waals surface area contributed by atoms with Crippen molar-refractivity contribution < 1.29 is 9.52 Å². The summed E-state index contributed by atoms with van der Waals surface area (Å²) in [4.78, 5) is 0. The first-order valence-electron chi connectivity index (χ1n) is 11.4. The van der Waals surface area contributed by atoms with Gasteiger partial charge in [-0.25, -0.2) is 0 Å². The molecule has 5 heteroatoms. The van der Waals surface area contributed by atoms with Crippen molar-refractivity contribution in [2.24, 2.45) is 17.3 Å². The summed E-state index contributed by atoms with van der Waals surface area (Å²) in [6.45, 7) is 2.14. The number of furan rings is 1. The van der Waals surface area contributed by atoms with Gasteiger partial charge in [-0.15, -0.1) is 11.3 Å². The van der Waals surface area contributed by atoms with Crippen molar-refractivity contribution in [3.8, 4) is 11.3 Å². The molecule has 4 unspecified atom stereocenters. The Balaban J connectivity index is 1.47. The molecule has 1 N–H and O–H groups in total. The van der Waals surface area contributed by atoms with Gasteiger partial charge in [-0.2, -0.15) is 0 Å². The van der Waals surface area contributed by atoms with Crippen LogP contribution >= 0.6 is 23.6 Å². The Hall–Kier alpha value is -1.95. The number of aliphatic hydroxyl groups excluding tert-OH is 1. The first kappa shape index (κ1) is 19.7. The van der Waals surface area contributed by atoms with E-state index in [4.69, 9.17) is 16.6 Å². The third kappa shape index (κ3) is 2.97. The van der Waals surface area contributed by atoms with Crippen LogP contribution in [0.2, 0.25) is 0 Å². The third-order valence-corrected chi connectivity index (χ3v) is 9.27. The Bertz CT molecular complexity index is 1320. The van der Waals surface area contributed by atoms with E-state index in [9.17, 15) is 5.11 Å². The molecule has 0 radical (unpaired) electrons. The largest absolute Gasteiger partial charge is 0.456 e. The van der Waals surface area contributed by atoms with E-state index in [0.717, 1.165) is 49.4 Å². The maximum absolute atomic E-state index is 9.96. The standard InChI is InChI=1S/C26H27NO2S2/c1-2-6-20-24(13-23-17(15-28)11-22(29-23)16-7-4-3-5-8-16)31-25(30)27(20)21-12-18-9-10-26(18)14-19(21)26/h3-8,11,13,18-19,21,28H,2,9-10,12,14-15H2,1H3/b20-6-,24-13-. The second-order valence-electron chi connectivity index (χ2n) is 9.35. The molecule has 0 aliphatic heterocycles. The Morgan fingerprint density at radius 2 is 2.16 bits per heavy atom. The highest BCUT2D eigenvalue weighted by Crippen LogP contribution is 2.78. The Kier molecular flexibility index (Phi) is 4.64. The summed E-state index contributed by atoms with van der Waals surface area (Å²) in [5.41, 5.74) is 2.50. The average Bonchev–Trinajstić information content (AvgIpc) is 3.24. The van der Waals surface area contributed by atoms with E-state index >= 15 is 0 Å². The van der Waals surface area contributed by atoms with Crippen molar-refractivity contribution in [1.82, 2.24) is 4.57 Å². The van der Waals surface area contributed by atoms with Gasteiger partial charge in [-0.05, 0) is 67.6 Å². The highest BCUT2D eigenvalue weighted by Gasteiger charge is 2.71. The van der Waals surface area contributed by atoms with Crippen molar-refractivity contribution in [2.45, 2.75) is 51.7 Å². The summed E-state index contributed by atoms with van der Waals surface area (Å²) in [5, 5.41) is 11.2. The number of hydrogen-bond acceptors (Lipinski definition) is 4. The molecule has 3 fully saturated rings. The molecule has 0 amide bonds. The highest BCUT2D eigenvalue weighted by atomic mass is 32.1. The molecule has 3 nitrogen and oxygen atoms in total. The molecule has 0 saturated heterocycles. The molecular weight excluding hydrogens is 422 g/mol. The summed E-state index contributed by atoms with van der Waals surface area (Å²) in [5.74, 6) is 3.26. The minimum Gasteiger partial charge on any atom is -0.456 e. The number of nitrogens with zero attached hydrogens (tertiary/aromatic N) is 1. The topological polar surface area (TPSA) is 38.3 Å². The summed E-state index contributed by atoms with van der Waals surface area (Å²) < 4.78 is 10.8. The zero-order valence-corrected chi connectivity index (χ0v) is 19.3.